The van der Waals surface area contributed by atoms with Gasteiger partial charge in [-0.05, 0) is 51.6 Å². The Kier molecular flexibility index (Phi) is 4.94. The van der Waals surface area contributed by atoms with Gasteiger partial charge in [0.2, 0.25) is 0 Å². The first kappa shape index (κ1) is 14.6. The number of piperidine rings is 2. The molecule has 1 saturated carbocycles. The monoisotopic (exact) mass is 266 g/mol. The van der Waals surface area contributed by atoms with Crippen LogP contribution in [0.15, 0.2) is 0 Å². The zero-order valence-corrected chi connectivity index (χ0v) is 11.9. The predicted octanol–water partition coefficient (Wildman–Crippen LogP) is 2.26. The van der Waals surface area contributed by atoms with Gasteiger partial charge in [-0.25, -0.2) is 0 Å². The van der Waals surface area contributed by atoms with Gasteiger partial charge in [0.05, 0.1) is 0 Å². The molecule has 0 aromatic rings. The average Bonchev–Trinajstić information content (AvgIpc) is 2.13. The second-order valence-corrected chi connectivity index (χ2v) is 5.69. The molecule has 6 rings (SSSR count). The summed E-state index contributed by atoms with van der Waals surface area (Å²) in [5.74, 6) is 1.92. The van der Waals surface area contributed by atoms with Crippen LogP contribution < -0.4 is 0 Å². The van der Waals surface area contributed by atoms with E-state index in [1.165, 1.54) is 38.8 Å². The zero-order valence-electron chi connectivity index (χ0n) is 10.3. The highest BCUT2D eigenvalue weighted by Crippen LogP contribution is 2.40. The van der Waals surface area contributed by atoms with Crippen molar-refractivity contribution < 1.29 is 0 Å². The highest BCUT2D eigenvalue weighted by molar-refractivity contribution is 5.85. The zero-order chi connectivity index (χ0) is 9.71. The van der Waals surface area contributed by atoms with Gasteiger partial charge < -0.3 is 9.80 Å². The minimum atomic E-state index is 0. The Labute approximate surface area is 112 Å². The Bertz CT molecular complexity index is 213. The maximum atomic E-state index is 2.65. The fourth-order valence-electron chi connectivity index (χ4n) is 4.22. The summed E-state index contributed by atoms with van der Waals surface area (Å²) in [5, 5.41) is 0. The summed E-state index contributed by atoms with van der Waals surface area (Å²) >= 11 is 0. The lowest BCUT2D eigenvalue weighted by Crippen LogP contribution is -2.59. The molecule has 0 radical (unpaired) electrons. The van der Waals surface area contributed by atoms with Crippen molar-refractivity contribution in [1.82, 2.24) is 9.80 Å². The fraction of sp³-hybridized carbons (Fsp3) is 1.00. The van der Waals surface area contributed by atoms with Crippen LogP contribution in [0.2, 0.25) is 0 Å². The van der Waals surface area contributed by atoms with Crippen molar-refractivity contribution >= 4 is 24.8 Å². The van der Waals surface area contributed by atoms with Crippen molar-refractivity contribution in [1.29, 1.82) is 0 Å². The minimum absolute atomic E-state index is 0. The lowest BCUT2D eigenvalue weighted by atomic mass is 9.72. The van der Waals surface area contributed by atoms with Crippen LogP contribution in [0.4, 0.5) is 0 Å². The maximum absolute atomic E-state index is 2.65. The second-order valence-electron chi connectivity index (χ2n) is 5.69. The van der Waals surface area contributed by atoms with Gasteiger partial charge in [0.1, 0.15) is 0 Å². The van der Waals surface area contributed by atoms with E-state index in [9.17, 15) is 0 Å². The van der Waals surface area contributed by atoms with E-state index in [4.69, 9.17) is 0 Å². The normalized spacial score (nSPS) is 43.1. The molecule has 5 aliphatic heterocycles. The first-order valence-corrected chi connectivity index (χ1v) is 6.16. The molecular weight excluding hydrogens is 243 g/mol. The summed E-state index contributed by atoms with van der Waals surface area (Å²) in [6.45, 7) is 2.71. The highest BCUT2D eigenvalue weighted by atomic mass is 35.5. The van der Waals surface area contributed by atoms with Gasteiger partial charge >= 0.3 is 0 Å². The quantitative estimate of drug-likeness (QED) is 0.664. The van der Waals surface area contributed by atoms with E-state index in [-0.39, 0.29) is 24.8 Å². The second kappa shape index (κ2) is 5.43. The van der Waals surface area contributed by atoms with Gasteiger partial charge in [0.25, 0.3) is 0 Å². The topological polar surface area (TPSA) is 6.48 Å². The van der Waals surface area contributed by atoms with Gasteiger partial charge in [-0.15, -0.1) is 24.8 Å². The van der Waals surface area contributed by atoms with Gasteiger partial charge in [0, 0.05) is 25.2 Å². The number of nitrogens with zero attached hydrogens (tertiary/aromatic N) is 2. The van der Waals surface area contributed by atoms with Crippen molar-refractivity contribution in [3.63, 3.8) is 0 Å². The molecule has 4 atom stereocenters. The molecule has 4 heteroatoms. The van der Waals surface area contributed by atoms with E-state index in [1.807, 2.05) is 0 Å². The van der Waals surface area contributed by atoms with Crippen LogP contribution >= 0.6 is 24.8 Å². The molecule has 4 unspecified atom stereocenters. The SMILES string of the molecule is CN1CC2CCC1C1CCC2N(C)C1.Cl.Cl. The van der Waals surface area contributed by atoms with Gasteiger partial charge in [-0.1, -0.05) is 0 Å². The summed E-state index contributed by atoms with van der Waals surface area (Å²) < 4.78 is 0. The fourth-order valence-corrected chi connectivity index (χ4v) is 4.22. The van der Waals surface area contributed by atoms with E-state index in [1.54, 1.807) is 0 Å². The third kappa shape index (κ3) is 2.22. The van der Waals surface area contributed by atoms with Crippen molar-refractivity contribution in [3.05, 3.63) is 0 Å². The lowest BCUT2D eigenvalue weighted by molar-refractivity contribution is -0.0381. The van der Waals surface area contributed by atoms with Crippen LogP contribution in [-0.4, -0.2) is 49.1 Å². The molecule has 6 fully saturated rings. The van der Waals surface area contributed by atoms with Crippen LogP contribution in [0.3, 0.4) is 0 Å². The Balaban J connectivity index is 0.000000640. The third-order valence-corrected chi connectivity index (χ3v) is 4.93. The summed E-state index contributed by atoms with van der Waals surface area (Å²) in [7, 11) is 4.69. The maximum Gasteiger partial charge on any atom is 0.0133 e. The van der Waals surface area contributed by atoms with E-state index in [0.717, 1.165) is 23.9 Å². The number of hydrogen-bond donors (Lipinski definition) is 0. The van der Waals surface area contributed by atoms with E-state index < -0.39 is 0 Å². The molecular formula is C12H24Cl2N2. The number of hydrogen-bond acceptors (Lipinski definition) is 2. The Morgan fingerprint density at radius 2 is 1.06 bits per heavy atom. The van der Waals surface area contributed by atoms with Crippen LogP contribution in [0.1, 0.15) is 25.7 Å². The summed E-state index contributed by atoms with van der Waals surface area (Å²) in [4.78, 5) is 5.30. The standard InChI is InChI=1S/C12H22N2.2ClH/c1-13-7-9-3-5-11(13)10-4-6-12(9)14(2)8-10;;/h9-12H,3-8H2,1-2H3;2*1H. The summed E-state index contributed by atoms with van der Waals surface area (Å²) in [5.41, 5.74) is 0. The van der Waals surface area contributed by atoms with Gasteiger partial charge in [-0.3, -0.25) is 0 Å². The molecule has 0 amide bonds. The molecule has 0 N–H and O–H groups in total. The molecule has 2 nitrogen and oxygen atoms in total. The van der Waals surface area contributed by atoms with Crippen LogP contribution in [0.25, 0.3) is 0 Å². The number of rotatable bonds is 0. The molecule has 0 spiro atoms. The smallest absolute Gasteiger partial charge is 0.0133 e. The summed E-state index contributed by atoms with van der Waals surface area (Å²) in [6.07, 6.45) is 5.91. The Morgan fingerprint density at radius 3 is 1.38 bits per heavy atom. The summed E-state index contributed by atoms with van der Waals surface area (Å²) in [6, 6.07) is 1.80. The van der Waals surface area contributed by atoms with E-state index >= 15 is 0 Å². The van der Waals surface area contributed by atoms with Crippen molar-refractivity contribution in [2.24, 2.45) is 11.8 Å². The molecule has 0 aromatic carbocycles. The van der Waals surface area contributed by atoms with E-state index in [2.05, 4.69) is 23.9 Å². The molecule has 96 valence electrons. The molecule has 0 aromatic heterocycles. The predicted molar refractivity (Wildman–Crippen MR) is 72.8 cm³/mol. The Morgan fingerprint density at radius 1 is 0.688 bits per heavy atom. The van der Waals surface area contributed by atoms with Crippen LogP contribution in [0.5, 0.6) is 0 Å². The lowest BCUT2D eigenvalue weighted by Gasteiger charge is -2.54. The van der Waals surface area contributed by atoms with Crippen molar-refractivity contribution in [3.8, 4) is 0 Å². The van der Waals surface area contributed by atoms with Gasteiger partial charge in [-0.2, -0.15) is 0 Å². The average molecular weight is 267 g/mol. The largest absolute Gasteiger partial charge is 0.303 e. The molecule has 5 saturated heterocycles. The first-order chi connectivity index (χ1) is 6.75. The van der Waals surface area contributed by atoms with Crippen LogP contribution in [-0.2, 0) is 0 Å². The molecule has 1 aliphatic carbocycles. The van der Waals surface area contributed by atoms with Crippen molar-refractivity contribution in [2.75, 3.05) is 27.2 Å². The van der Waals surface area contributed by atoms with E-state index in [0.29, 0.717) is 0 Å². The first-order valence-electron chi connectivity index (χ1n) is 6.16. The highest BCUT2D eigenvalue weighted by Gasteiger charge is 2.43. The van der Waals surface area contributed by atoms with Crippen molar-refractivity contribution in [2.45, 2.75) is 37.8 Å². The molecule has 6 aliphatic rings. The molecule has 4 bridgehead atoms. The Hall–Kier alpha value is 0.500. The molecule has 5 heterocycles. The number of halogens is 2. The molecule has 16 heavy (non-hydrogen) atoms. The van der Waals surface area contributed by atoms with Crippen LogP contribution in [0, 0.1) is 11.8 Å². The third-order valence-electron chi connectivity index (χ3n) is 4.93. The van der Waals surface area contributed by atoms with Gasteiger partial charge in [0.15, 0.2) is 0 Å². The minimum Gasteiger partial charge on any atom is -0.303 e.